The summed E-state index contributed by atoms with van der Waals surface area (Å²) in [6, 6.07) is 48.1. The van der Waals surface area contributed by atoms with Crippen LogP contribution in [0.4, 0.5) is 11.4 Å². The fourth-order valence-electron chi connectivity index (χ4n) is 6.45. The van der Waals surface area contributed by atoms with Crippen LogP contribution in [0.15, 0.2) is 146 Å². The van der Waals surface area contributed by atoms with Crippen LogP contribution in [-0.4, -0.2) is 19.5 Å². The van der Waals surface area contributed by atoms with E-state index < -0.39 is 0 Å². The molecule has 3 heterocycles. The highest BCUT2D eigenvalue weighted by molar-refractivity contribution is 6.22. The van der Waals surface area contributed by atoms with Crippen molar-refractivity contribution in [1.29, 1.82) is 0 Å². The lowest BCUT2D eigenvalue weighted by atomic mass is 9.94. The topological polar surface area (TPSA) is 46.8 Å². The Kier molecular flexibility index (Phi) is 5.43. The molecule has 0 saturated heterocycles. The fraction of sp³-hybridized carbons (Fsp3) is 0. The Morgan fingerprint density at radius 2 is 1.14 bits per heavy atom. The lowest BCUT2D eigenvalue weighted by Gasteiger charge is -2.27. The summed E-state index contributed by atoms with van der Waals surface area (Å²) in [6.07, 6.45) is 4.43. The van der Waals surface area contributed by atoms with Gasteiger partial charge in [0.1, 0.15) is 0 Å². The molecule has 206 valence electrons. The summed E-state index contributed by atoms with van der Waals surface area (Å²) in [5.74, 6) is 1.88. The molecule has 5 heteroatoms. The first kappa shape index (κ1) is 24.5. The number of fused-ring (bicyclic) bond motifs is 4. The summed E-state index contributed by atoms with van der Waals surface area (Å²) in [5, 5.41) is 4.75. The summed E-state index contributed by atoms with van der Waals surface area (Å²) < 4.78 is 2.20. The smallest absolute Gasteiger partial charge is 0.238 e. The fourth-order valence-corrected chi connectivity index (χ4v) is 6.45. The molecule has 0 bridgehead atoms. The molecule has 0 saturated carbocycles. The third-order valence-electron chi connectivity index (χ3n) is 8.39. The zero-order valence-corrected chi connectivity index (χ0v) is 23.7. The van der Waals surface area contributed by atoms with Gasteiger partial charge in [-0.05, 0) is 47.4 Å². The molecular weight excluding hydrogens is 538 g/mol. The minimum absolute atomic E-state index is 0.595. The van der Waals surface area contributed by atoms with E-state index in [0.29, 0.717) is 17.6 Å². The second-order valence-corrected chi connectivity index (χ2v) is 10.9. The van der Waals surface area contributed by atoms with E-state index in [4.69, 9.17) is 15.0 Å². The van der Waals surface area contributed by atoms with E-state index in [1.165, 1.54) is 27.4 Å². The molecule has 0 radical (unpaired) electrons. The van der Waals surface area contributed by atoms with Crippen LogP contribution in [0.3, 0.4) is 0 Å². The predicted molar refractivity (Wildman–Crippen MR) is 180 cm³/mol. The van der Waals surface area contributed by atoms with E-state index in [1.807, 2.05) is 60.7 Å². The van der Waals surface area contributed by atoms with E-state index in [-0.39, 0.29) is 0 Å². The van der Waals surface area contributed by atoms with Gasteiger partial charge in [0.15, 0.2) is 11.6 Å². The SMILES string of the molecule is C1=CN(c2ccccc2)c2cccc3cc4c(c1c23)c1ccccc1n4-c1nc(-c2ccccc2)nc(-c2ccccc2)n1. The minimum atomic E-state index is 0.595. The van der Waals surface area contributed by atoms with Gasteiger partial charge in [0, 0.05) is 39.2 Å². The number of aromatic nitrogens is 4. The van der Waals surface area contributed by atoms with Crippen molar-refractivity contribution in [3.8, 4) is 28.7 Å². The molecule has 9 rings (SSSR count). The summed E-state index contributed by atoms with van der Waals surface area (Å²) in [4.78, 5) is 17.4. The summed E-state index contributed by atoms with van der Waals surface area (Å²) in [5.41, 5.74) is 7.52. The van der Waals surface area contributed by atoms with E-state index in [9.17, 15) is 0 Å². The maximum Gasteiger partial charge on any atom is 0.238 e. The normalized spacial score (nSPS) is 12.4. The monoisotopic (exact) mass is 563 g/mol. The van der Waals surface area contributed by atoms with Crippen LogP contribution in [0.1, 0.15) is 5.56 Å². The lowest BCUT2D eigenvalue weighted by molar-refractivity contribution is 0.954. The second-order valence-electron chi connectivity index (χ2n) is 10.9. The van der Waals surface area contributed by atoms with Crippen LogP contribution in [-0.2, 0) is 0 Å². The van der Waals surface area contributed by atoms with Gasteiger partial charge in [0.25, 0.3) is 0 Å². The molecule has 0 fully saturated rings. The zero-order valence-electron chi connectivity index (χ0n) is 23.7. The third kappa shape index (κ3) is 3.76. The molecule has 44 heavy (non-hydrogen) atoms. The first-order valence-electron chi connectivity index (χ1n) is 14.7. The molecule has 0 atom stereocenters. The van der Waals surface area contributed by atoms with Gasteiger partial charge in [0.05, 0.1) is 16.7 Å². The first-order chi connectivity index (χ1) is 21.8. The number of para-hydroxylation sites is 2. The van der Waals surface area contributed by atoms with Gasteiger partial charge in [-0.2, -0.15) is 9.97 Å². The van der Waals surface area contributed by atoms with Gasteiger partial charge in [0.2, 0.25) is 5.95 Å². The van der Waals surface area contributed by atoms with Gasteiger partial charge in [-0.15, -0.1) is 0 Å². The van der Waals surface area contributed by atoms with Crippen LogP contribution < -0.4 is 4.90 Å². The quantitative estimate of drug-likeness (QED) is 0.214. The number of nitrogens with zero attached hydrogens (tertiary/aromatic N) is 5. The van der Waals surface area contributed by atoms with E-state index in [2.05, 4.69) is 101 Å². The van der Waals surface area contributed by atoms with Crippen molar-refractivity contribution >= 4 is 50.0 Å². The first-order valence-corrected chi connectivity index (χ1v) is 14.7. The van der Waals surface area contributed by atoms with Gasteiger partial charge in [-0.3, -0.25) is 4.57 Å². The third-order valence-corrected chi connectivity index (χ3v) is 8.39. The largest absolute Gasteiger partial charge is 0.317 e. The molecule has 6 aromatic carbocycles. The van der Waals surface area contributed by atoms with Crippen LogP contribution in [0.5, 0.6) is 0 Å². The van der Waals surface area contributed by atoms with Crippen molar-refractivity contribution in [2.24, 2.45) is 0 Å². The minimum Gasteiger partial charge on any atom is -0.317 e. The van der Waals surface area contributed by atoms with Crippen molar-refractivity contribution in [1.82, 2.24) is 19.5 Å². The number of rotatable bonds is 4. The van der Waals surface area contributed by atoms with Crippen molar-refractivity contribution in [3.05, 3.63) is 151 Å². The van der Waals surface area contributed by atoms with Gasteiger partial charge < -0.3 is 4.90 Å². The average molecular weight is 564 g/mol. The number of benzene rings is 6. The summed E-state index contributed by atoms with van der Waals surface area (Å²) in [7, 11) is 0. The van der Waals surface area contributed by atoms with Crippen LogP contribution in [0.25, 0.3) is 67.4 Å². The van der Waals surface area contributed by atoms with Crippen molar-refractivity contribution < 1.29 is 0 Å². The number of anilines is 2. The zero-order chi connectivity index (χ0) is 29.0. The molecule has 1 aliphatic heterocycles. The molecule has 0 N–H and O–H groups in total. The molecular formula is C39H25N5. The second kappa shape index (κ2) is 9.75. The Balaban J connectivity index is 1.36. The highest BCUT2D eigenvalue weighted by atomic mass is 15.2. The Hall–Kier alpha value is -6.07. The molecule has 1 aliphatic rings. The van der Waals surface area contributed by atoms with E-state index in [0.717, 1.165) is 33.2 Å². The average Bonchev–Trinajstić information content (AvgIpc) is 3.43. The van der Waals surface area contributed by atoms with E-state index in [1.54, 1.807) is 0 Å². The Morgan fingerprint density at radius 1 is 0.500 bits per heavy atom. The molecule has 0 spiro atoms. The van der Waals surface area contributed by atoms with Crippen LogP contribution in [0, 0.1) is 0 Å². The maximum absolute atomic E-state index is 5.11. The van der Waals surface area contributed by atoms with Crippen molar-refractivity contribution in [3.63, 3.8) is 0 Å². The lowest BCUT2D eigenvalue weighted by Crippen LogP contribution is -2.12. The Labute approximate surface area is 254 Å². The molecule has 5 nitrogen and oxygen atoms in total. The standard InChI is InChI=1S/C39H25N5/c1-4-13-26(14-5-1)37-40-38(27-15-6-2-7-16-27)42-39(41-37)44-32-21-11-10-20-30(32)36-31-23-24-43(29-18-8-3-9-19-29)33-22-12-17-28(35(31)33)25-34(36)44/h1-25H. The highest BCUT2D eigenvalue weighted by Crippen LogP contribution is 2.45. The van der Waals surface area contributed by atoms with E-state index >= 15 is 0 Å². The molecule has 0 aliphatic carbocycles. The Morgan fingerprint density at radius 3 is 1.84 bits per heavy atom. The van der Waals surface area contributed by atoms with Crippen molar-refractivity contribution in [2.45, 2.75) is 0 Å². The van der Waals surface area contributed by atoms with Gasteiger partial charge in [-0.25, -0.2) is 4.98 Å². The number of hydrogen-bond donors (Lipinski definition) is 0. The van der Waals surface area contributed by atoms with Crippen LogP contribution in [0.2, 0.25) is 0 Å². The van der Waals surface area contributed by atoms with Gasteiger partial charge >= 0.3 is 0 Å². The number of hydrogen-bond acceptors (Lipinski definition) is 4. The predicted octanol–water partition coefficient (Wildman–Crippen LogP) is 9.58. The van der Waals surface area contributed by atoms with Crippen molar-refractivity contribution in [2.75, 3.05) is 4.90 Å². The molecule has 0 unspecified atom stereocenters. The highest BCUT2D eigenvalue weighted by Gasteiger charge is 2.24. The summed E-state index contributed by atoms with van der Waals surface area (Å²) in [6.45, 7) is 0. The molecule has 8 aromatic rings. The Bertz CT molecular complexity index is 2320. The summed E-state index contributed by atoms with van der Waals surface area (Å²) >= 11 is 0. The maximum atomic E-state index is 5.11. The van der Waals surface area contributed by atoms with Gasteiger partial charge in [-0.1, -0.05) is 109 Å². The van der Waals surface area contributed by atoms with Crippen LogP contribution >= 0.6 is 0 Å². The molecule has 2 aromatic heterocycles. The molecule has 0 amide bonds.